The standard InChI is InChI=1S/C21H27N3O5S2/c1-4-23(5-2)31(27,28)15-10-11-18(29-3)16(14-15)22-20(25)17-8-6-12-24(17)21(26)19-9-7-13-30-19/h7,9-11,13-14,17H,4-6,8,12H2,1-3H3,(H,22,25)/t17-/m0/s1. The molecule has 1 fully saturated rings. The van der Waals surface area contributed by atoms with Gasteiger partial charge in [-0.2, -0.15) is 4.31 Å². The SMILES string of the molecule is CCN(CC)S(=O)(=O)c1ccc(OC)c(NC(=O)[C@@H]2CCCN2C(=O)c2cccs2)c1. The molecule has 0 bridgehead atoms. The predicted octanol–water partition coefficient (Wildman–Crippen LogP) is 3.03. The zero-order chi connectivity index (χ0) is 22.6. The summed E-state index contributed by atoms with van der Waals surface area (Å²) in [5, 5.41) is 4.61. The number of hydrogen-bond acceptors (Lipinski definition) is 6. The van der Waals surface area contributed by atoms with Crippen molar-refractivity contribution in [2.45, 2.75) is 37.6 Å². The molecule has 1 aliphatic rings. The van der Waals surface area contributed by atoms with Crippen LogP contribution in [0.4, 0.5) is 5.69 Å². The van der Waals surface area contributed by atoms with Crippen LogP contribution in [-0.4, -0.2) is 62.2 Å². The second-order valence-corrected chi connectivity index (χ2v) is 9.96. The van der Waals surface area contributed by atoms with Crippen molar-refractivity contribution in [3.63, 3.8) is 0 Å². The second-order valence-electron chi connectivity index (χ2n) is 7.07. The van der Waals surface area contributed by atoms with Crippen LogP contribution in [0.25, 0.3) is 0 Å². The third-order valence-electron chi connectivity index (χ3n) is 5.32. The molecule has 8 nitrogen and oxygen atoms in total. The molecule has 0 spiro atoms. The van der Waals surface area contributed by atoms with Gasteiger partial charge in [-0.05, 0) is 42.5 Å². The third kappa shape index (κ3) is 4.76. The number of anilines is 1. The largest absolute Gasteiger partial charge is 0.495 e. The summed E-state index contributed by atoms with van der Waals surface area (Å²) < 4.78 is 32.4. The molecule has 2 aromatic rings. The van der Waals surface area contributed by atoms with E-state index in [0.717, 1.165) is 6.42 Å². The summed E-state index contributed by atoms with van der Waals surface area (Å²) in [6.07, 6.45) is 1.27. The molecule has 1 saturated heterocycles. The Morgan fingerprint density at radius 2 is 2.00 bits per heavy atom. The first kappa shape index (κ1) is 23.2. The highest BCUT2D eigenvalue weighted by atomic mass is 32.2. The van der Waals surface area contributed by atoms with E-state index in [0.29, 0.717) is 36.7 Å². The number of thiophene rings is 1. The third-order valence-corrected chi connectivity index (χ3v) is 8.22. The van der Waals surface area contributed by atoms with Crippen molar-refractivity contribution < 1.29 is 22.7 Å². The number of sulfonamides is 1. The van der Waals surface area contributed by atoms with Gasteiger partial charge in [0.1, 0.15) is 11.8 Å². The molecule has 0 radical (unpaired) electrons. The maximum absolute atomic E-state index is 13.1. The van der Waals surface area contributed by atoms with Gasteiger partial charge in [0.15, 0.2) is 0 Å². The monoisotopic (exact) mass is 465 g/mol. The van der Waals surface area contributed by atoms with Crippen molar-refractivity contribution >= 4 is 38.9 Å². The van der Waals surface area contributed by atoms with Gasteiger partial charge in [0.2, 0.25) is 15.9 Å². The highest BCUT2D eigenvalue weighted by molar-refractivity contribution is 7.89. The van der Waals surface area contributed by atoms with Crippen molar-refractivity contribution in [3.8, 4) is 5.75 Å². The molecule has 10 heteroatoms. The van der Waals surface area contributed by atoms with E-state index < -0.39 is 16.1 Å². The van der Waals surface area contributed by atoms with Crippen LogP contribution in [0.3, 0.4) is 0 Å². The molecule has 31 heavy (non-hydrogen) atoms. The fraction of sp³-hybridized carbons (Fsp3) is 0.429. The topological polar surface area (TPSA) is 96.0 Å². The van der Waals surface area contributed by atoms with Crippen LogP contribution in [0.1, 0.15) is 36.4 Å². The van der Waals surface area contributed by atoms with Crippen molar-refractivity contribution in [2.75, 3.05) is 32.1 Å². The zero-order valence-corrected chi connectivity index (χ0v) is 19.5. The predicted molar refractivity (Wildman–Crippen MR) is 120 cm³/mol. The molecule has 1 aliphatic heterocycles. The van der Waals surface area contributed by atoms with E-state index in [9.17, 15) is 18.0 Å². The van der Waals surface area contributed by atoms with Crippen molar-refractivity contribution in [1.29, 1.82) is 0 Å². The van der Waals surface area contributed by atoms with Gasteiger partial charge < -0.3 is 15.0 Å². The minimum Gasteiger partial charge on any atom is -0.495 e. The first-order valence-electron chi connectivity index (χ1n) is 10.2. The number of ether oxygens (including phenoxy) is 1. The molecule has 1 aromatic heterocycles. The van der Waals surface area contributed by atoms with E-state index in [2.05, 4.69) is 5.32 Å². The van der Waals surface area contributed by atoms with E-state index >= 15 is 0 Å². The van der Waals surface area contributed by atoms with Crippen LogP contribution in [0.15, 0.2) is 40.6 Å². The maximum Gasteiger partial charge on any atom is 0.264 e. The normalized spacial score (nSPS) is 16.5. The summed E-state index contributed by atoms with van der Waals surface area (Å²) >= 11 is 1.34. The Bertz CT molecular complexity index is 1030. The molecule has 168 valence electrons. The summed E-state index contributed by atoms with van der Waals surface area (Å²) in [6, 6.07) is 7.31. The molecule has 1 N–H and O–H groups in total. The number of rotatable bonds is 8. The Morgan fingerprint density at radius 1 is 1.26 bits per heavy atom. The van der Waals surface area contributed by atoms with Gasteiger partial charge in [-0.15, -0.1) is 11.3 Å². The number of likely N-dealkylation sites (tertiary alicyclic amines) is 1. The van der Waals surface area contributed by atoms with Crippen molar-refractivity contribution in [2.24, 2.45) is 0 Å². The van der Waals surface area contributed by atoms with Crippen LogP contribution in [-0.2, 0) is 14.8 Å². The fourth-order valence-corrected chi connectivity index (χ4v) is 5.86. The number of carbonyl (C=O) groups excluding carboxylic acids is 2. The molecule has 0 aliphatic carbocycles. The quantitative estimate of drug-likeness (QED) is 0.647. The van der Waals surface area contributed by atoms with E-state index in [4.69, 9.17) is 4.74 Å². The maximum atomic E-state index is 13.1. The van der Waals surface area contributed by atoms with Crippen LogP contribution in [0.2, 0.25) is 0 Å². The van der Waals surface area contributed by atoms with Crippen molar-refractivity contribution in [3.05, 3.63) is 40.6 Å². The lowest BCUT2D eigenvalue weighted by Crippen LogP contribution is -2.43. The molecule has 1 aromatic carbocycles. The van der Waals surface area contributed by atoms with Gasteiger partial charge >= 0.3 is 0 Å². The van der Waals surface area contributed by atoms with E-state index in [1.165, 1.54) is 41.0 Å². The molecule has 2 heterocycles. The number of carbonyl (C=O) groups is 2. The van der Waals surface area contributed by atoms with Gasteiger partial charge in [0, 0.05) is 19.6 Å². The Hall–Kier alpha value is -2.43. The smallest absolute Gasteiger partial charge is 0.264 e. The molecule has 3 rings (SSSR count). The summed E-state index contributed by atoms with van der Waals surface area (Å²) in [5.41, 5.74) is 0.260. The second kappa shape index (κ2) is 9.80. The van der Waals surface area contributed by atoms with Crippen LogP contribution in [0, 0.1) is 0 Å². The van der Waals surface area contributed by atoms with Crippen LogP contribution < -0.4 is 10.1 Å². The molecular formula is C21H27N3O5S2. The first-order chi connectivity index (χ1) is 14.8. The summed E-state index contributed by atoms with van der Waals surface area (Å²) in [5.74, 6) is -0.184. The van der Waals surface area contributed by atoms with Gasteiger partial charge in [-0.25, -0.2) is 8.42 Å². The Morgan fingerprint density at radius 3 is 2.61 bits per heavy atom. The minimum atomic E-state index is -3.69. The van der Waals surface area contributed by atoms with E-state index in [1.807, 2.05) is 5.38 Å². The van der Waals surface area contributed by atoms with Gasteiger partial charge in [-0.1, -0.05) is 19.9 Å². The molecule has 2 amide bonds. The number of benzene rings is 1. The Balaban J connectivity index is 1.85. The number of nitrogens with one attached hydrogen (secondary N) is 1. The zero-order valence-electron chi connectivity index (χ0n) is 17.8. The van der Waals surface area contributed by atoms with Crippen LogP contribution in [0.5, 0.6) is 5.75 Å². The summed E-state index contributed by atoms with van der Waals surface area (Å²) in [7, 11) is -2.24. The van der Waals surface area contributed by atoms with Crippen LogP contribution >= 0.6 is 11.3 Å². The average Bonchev–Trinajstić information content (AvgIpc) is 3.46. The fourth-order valence-electron chi connectivity index (χ4n) is 3.70. The highest BCUT2D eigenvalue weighted by Gasteiger charge is 2.35. The molecule has 1 atom stereocenters. The highest BCUT2D eigenvalue weighted by Crippen LogP contribution is 2.30. The Kier molecular flexibility index (Phi) is 7.34. The summed E-state index contributed by atoms with van der Waals surface area (Å²) in [6.45, 7) is 4.73. The molecule has 0 saturated carbocycles. The minimum absolute atomic E-state index is 0.0743. The van der Waals surface area contributed by atoms with Gasteiger partial charge in [0.25, 0.3) is 5.91 Å². The van der Waals surface area contributed by atoms with E-state index in [1.54, 1.807) is 30.9 Å². The number of amides is 2. The first-order valence-corrected chi connectivity index (χ1v) is 12.5. The van der Waals surface area contributed by atoms with Gasteiger partial charge in [0.05, 0.1) is 22.6 Å². The lowest BCUT2D eigenvalue weighted by atomic mass is 10.2. The van der Waals surface area contributed by atoms with Gasteiger partial charge in [-0.3, -0.25) is 9.59 Å². The number of methoxy groups -OCH3 is 1. The average molecular weight is 466 g/mol. The number of nitrogens with zero attached hydrogens (tertiary/aromatic N) is 2. The lowest BCUT2D eigenvalue weighted by molar-refractivity contribution is -0.119. The van der Waals surface area contributed by atoms with Crippen molar-refractivity contribution in [1.82, 2.24) is 9.21 Å². The molecule has 0 unspecified atom stereocenters. The Labute approximate surface area is 186 Å². The summed E-state index contributed by atoms with van der Waals surface area (Å²) in [4.78, 5) is 28.1. The van der Waals surface area contributed by atoms with E-state index in [-0.39, 0.29) is 22.4 Å². The molecular weight excluding hydrogens is 438 g/mol. The number of hydrogen-bond donors (Lipinski definition) is 1. The lowest BCUT2D eigenvalue weighted by Gasteiger charge is -2.24.